The number of hydrogen-bond donors (Lipinski definition) is 0. The van der Waals surface area contributed by atoms with E-state index in [2.05, 4.69) is 12.1 Å². The van der Waals surface area contributed by atoms with E-state index in [1.54, 1.807) is 12.1 Å². The second-order valence-corrected chi connectivity index (χ2v) is 5.88. The molecule has 2 aromatic rings. The molecule has 0 radical (unpaired) electrons. The summed E-state index contributed by atoms with van der Waals surface area (Å²) in [5.74, 6) is 0. The Morgan fingerprint density at radius 2 is 1.96 bits per heavy atom. The van der Waals surface area contributed by atoms with Crippen LogP contribution in [0.15, 0.2) is 64.9 Å². The van der Waals surface area contributed by atoms with Gasteiger partial charge in [-0.15, -0.1) is 0 Å². The molecule has 1 aliphatic carbocycles. The van der Waals surface area contributed by atoms with Gasteiger partial charge in [0.25, 0.3) is 0 Å². The molecular weight excluding hydrogens is 293 g/mol. The molecule has 0 saturated heterocycles. The van der Waals surface area contributed by atoms with Crippen LogP contribution in [-0.4, -0.2) is 17.6 Å². The van der Waals surface area contributed by atoms with Crippen LogP contribution in [0.5, 0.6) is 0 Å². The molecule has 0 atom stereocenters. The lowest BCUT2D eigenvalue weighted by Crippen LogP contribution is -2.14. The first-order valence-corrected chi connectivity index (χ1v) is 7.69. The molecule has 0 amide bonds. The lowest BCUT2D eigenvalue weighted by molar-refractivity contribution is 0.628. The summed E-state index contributed by atoms with van der Waals surface area (Å²) in [5.41, 5.74) is 6.75. The molecule has 0 unspecified atom stereocenters. The third-order valence-electron chi connectivity index (χ3n) is 4.54. The van der Waals surface area contributed by atoms with E-state index in [1.165, 1.54) is 17.3 Å². The number of halogens is 2. The first kappa shape index (κ1) is 14.2. The van der Waals surface area contributed by atoms with Crippen LogP contribution in [0.4, 0.5) is 8.63 Å². The molecule has 23 heavy (non-hydrogen) atoms. The van der Waals surface area contributed by atoms with Crippen LogP contribution in [0.3, 0.4) is 0 Å². The molecule has 2 nitrogen and oxygen atoms in total. The number of fused-ring (bicyclic) bond motifs is 3. The zero-order chi connectivity index (χ0) is 16.0. The van der Waals surface area contributed by atoms with Gasteiger partial charge in [-0.2, -0.15) is 0 Å². The molecule has 2 aliphatic rings. The van der Waals surface area contributed by atoms with Crippen molar-refractivity contribution in [2.45, 2.75) is 19.8 Å². The maximum absolute atomic E-state index is 13.1. The van der Waals surface area contributed by atoms with Crippen molar-refractivity contribution in [1.82, 2.24) is 4.48 Å². The molecule has 2 heterocycles. The third kappa shape index (κ3) is 2.27. The lowest BCUT2D eigenvalue weighted by atomic mass is 9.87. The lowest BCUT2D eigenvalue weighted by Gasteiger charge is -2.17. The molecule has 1 aromatic carbocycles. The topological polar surface area (TPSA) is 17.3 Å². The highest BCUT2D eigenvalue weighted by Gasteiger charge is 2.26. The summed E-state index contributed by atoms with van der Waals surface area (Å²) >= 11 is 0. The average molecular weight is 308 g/mol. The van der Waals surface area contributed by atoms with Gasteiger partial charge in [-0.25, -0.2) is 4.99 Å². The van der Waals surface area contributed by atoms with E-state index in [0.717, 1.165) is 39.9 Å². The van der Waals surface area contributed by atoms with E-state index in [4.69, 9.17) is 4.99 Å². The van der Waals surface area contributed by atoms with E-state index < -0.39 is 7.40 Å². The molecule has 114 valence electrons. The summed E-state index contributed by atoms with van der Waals surface area (Å²) in [4.78, 5) is 4.75. The maximum atomic E-state index is 13.1. The highest BCUT2D eigenvalue weighted by molar-refractivity contribution is 6.41. The first-order chi connectivity index (χ1) is 11.1. The molecule has 5 heteroatoms. The normalized spacial score (nSPS) is 18.0. The number of aryl methyl sites for hydroxylation is 1. The predicted molar refractivity (Wildman–Crippen MR) is 89.8 cm³/mol. The fourth-order valence-corrected chi connectivity index (χ4v) is 3.33. The van der Waals surface area contributed by atoms with Crippen LogP contribution in [0.25, 0.3) is 5.57 Å². The Balaban J connectivity index is 1.82. The Bertz CT molecular complexity index is 875. The molecule has 0 N–H and O–H groups in total. The Morgan fingerprint density at radius 1 is 1.13 bits per heavy atom. The van der Waals surface area contributed by atoms with E-state index >= 15 is 0 Å². The van der Waals surface area contributed by atoms with Crippen molar-refractivity contribution in [3.05, 3.63) is 76.8 Å². The van der Waals surface area contributed by atoms with Gasteiger partial charge in [0.2, 0.25) is 0 Å². The predicted octanol–water partition coefficient (Wildman–Crippen LogP) is 4.37. The zero-order valence-corrected chi connectivity index (χ0v) is 12.8. The number of benzene rings is 1. The van der Waals surface area contributed by atoms with Crippen molar-refractivity contribution in [2.24, 2.45) is 4.99 Å². The SMILES string of the molecule is C/C(=C1\C=C2CCc3ccccc3C2=N1)c1cccn1B(F)F. The Kier molecular flexibility index (Phi) is 3.29. The van der Waals surface area contributed by atoms with Crippen molar-refractivity contribution in [1.29, 1.82) is 0 Å². The molecule has 1 aliphatic heterocycles. The monoisotopic (exact) mass is 308 g/mol. The van der Waals surface area contributed by atoms with Crippen LogP contribution >= 0.6 is 0 Å². The fourth-order valence-electron chi connectivity index (χ4n) is 3.33. The van der Waals surface area contributed by atoms with Crippen LogP contribution < -0.4 is 0 Å². The standard InChI is InChI=1S/C18H15BF2N2/c1-12(17-7-4-10-23(17)19(20)21)16-11-14-9-8-13-5-2-3-6-15(13)18(14)22-16/h2-7,10-11H,8-9H2,1H3/b16-12-. The van der Waals surface area contributed by atoms with Gasteiger partial charge in [-0.1, -0.05) is 24.3 Å². The number of nitrogens with zero attached hydrogens (tertiary/aromatic N) is 2. The van der Waals surface area contributed by atoms with Crippen LogP contribution in [-0.2, 0) is 6.42 Å². The molecule has 0 fully saturated rings. The summed E-state index contributed by atoms with van der Waals surface area (Å²) < 4.78 is 27.2. The number of rotatable bonds is 2. The molecule has 0 saturated carbocycles. The Labute approximate surface area is 134 Å². The molecule has 0 spiro atoms. The zero-order valence-electron chi connectivity index (χ0n) is 12.8. The molecule has 0 bridgehead atoms. The Hall–Kier alpha value is -2.43. The van der Waals surface area contributed by atoms with Gasteiger partial charge < -0.3 is 4.48 Å². The second kappa shape index (κ2) is 5.34. The summed E-state index contributed by atoms with van der Waals surface area (Å²) in [6.45, 7) is 1.86. The number of aliphatic imine (C=N–C) groups is 1. The van der Waals surface area contributed by atoms with Crippen LogP contribution in [0.2, 0.25) is 0 Å². The van der Waals surface area contributed by atoms with Crippen molar-refractivity contribution >= 4 is 18.7 Å². The number of aromatic nitrogens is 1. The second-order valence-electron chi connectivity index (χ2n) is 5.88. The fraction of sp³-hybridized carbons (Fsp3) is 0.167. The minimum Gasteiger partial charge on any atom is -0.332 e. The van der Waals surface area contributed by atoms with Crippen molar-refractivity contribution in [2.75, 3.05) is 0 Å². The van der Waals surface area contributed by atoms with E-state index in [1.807, 2.05) is 25.1 Å². The Morgan fingerprint density at radius 3 is 2.78 bits per heavy atom. The van der Waals surface area contributed by atoms with E-state index in [0.29, 0.717) is 5.69 Å². The quantitative estimate of drug-likeness (QED) is 0.733. The van der Waals surface area contributed by atoms with Gasteiger partial charge in [0.05, 0.1) is 11.4 Å². The summed E-state index contributed by atoms with van der Waals surface area (Å²) in [5, 5.41) is 0. The van der Waals surface area contributed by atoms with Gasteiger partial charge in [0.1, 0.15) is 0 Å². The summed E-state index contributed by atoms with van der Waals surface area (Å²) in [7, 11) is -2.54. The van der Waals surface area contributed by atoms with Crippen LogP contribution in [0.1, 0.15) is 30.2 Å². The summed E-state index contributed by atoms with van der Waals surface area (Å²) in [6, 6.07) is 11.6. The number of allylic oxidation sites excluding steroid dienone is 3. The van der Waals surface area contributed by atoms with E-state index in [-0.39, 0.29) is 0 Å². The third-order valence-corrected chi connectivity index (χ3v) is 4.54. The minimum atomic E-state index is -2.54. The largest absolute Gasteiger partial charge is 0.677 e. The van der Waals surface area contributed by atoms with Crippen LogP contribution in [0, 0.1) is 0 Å². The van der Waals surface area contributed by atoms with Crippen molar-refractivity contribution in [3.8, 4) is 0 Å². The number of hydrogen-bond acceptors (Lipinski definition) is 1. The van der Waals surface area contributed by atoms with E-state index in [9.17, 15) is 8.63 Å². The van der Waals surface area contributed by atoms with Crippen molar-refractivity contribution in [3.63, 3.8) is 0 Å². The smallest absolute Gasteiger partial charge is 0.332 e. The van der Waals surface area contributed by atoms with Gasteiger partial charge in [0.15, 0.2) is 0 Å². The van der Waals surface area contributed by atoms with Gasteiger partial charge >= 0.3 is 7.40 Å². The average Bonchev–Trinajstić information content (AvgIpc) is 3.21. The summed E-state index contributed by atoms with van der Waals surface area (Å²) in [6.07, 6.45) is 5.40. The van der Waals surface area contributed by atoms with Gasteiger partial charge in [-0.05, 0) is 60.9 Å². The molecule has 1 aromatic heterocycles. The highest BCUT2D eigenvalue weighted by atomic mass is 19.2. The van der Waals surface area contributed by atoms with Gasteiger partial charge in [0, 0.05) is 11.3 Å². The minimum absolute atomic E-state index is 0.517. The first-order valence-electron chi connectivity index (χ1n) is 7.69. The molecule has 4 rings (SSSR count). The maximum Gasteiger partial charge on any atom is 0.677 e. The van der Waals surface area contributed by atoms with Gasteiger partial charge in [-0.3, -0.25) is 8.63 Å². The molecular formula is C18H15BF2N2. The highest BCUT2D eigenvalue weighted by Crippen LogP contribution is 2.34. The van der Waals surface area contributed by atoms with Crippen molar-refractivity contribution < 1.29 is 8.63 Å².